The van der Waals surface area contributed by atoms with Crippen LogP contribution in [0.2, 0.25) is 5.02 Å². The van der Waals surface area contributed by atoms with E-state index < -0.39 is 23.9 Å². The maximum absolute atomic E-state index is 12.6. The number of hydrogen-bond donors (Lipinski definition) is 0. The number of anilines is 1. The van der Waals surface area contributed by atoms with Crippen LogP contribution in [0.5, 0.6) is 0 Å². The summed E-state index contributed by atoms with van der Waals surface area (Å²) in [4.78, 5) is 11.3. The lowest BCUT2D eigenvalue weighted by Gasteiger charge is -2.39. The zero-order chi connectivity index (χ0) is 11.9. The second kappa shape index (κ2) is 3.55. The molecule has 4 nitrogen and oxygen atoms in total. The Morgan fingerprint density at radius 1 is 1.44 bits per heavy atom. The van der Waals surface area contributed by atoms with Crippen molar-refractivity contribution in [1.29, 1.82) is 0 Å². The Kier molecular flexibility index (Phi) is 2.46. The van der Waals surface area contributed by atoms with Gasteiger partial charge in [0.2, 0.25) is 0 Å². The zero-order valence-electron chi connectivity index (χ0n) is 7.99. The lowest BCUT2D eigenvalue weighted by Crippen LogP contribution is -2.56. The molecule has 0 aromatic heterocycles. The average molecular weight is 249 g/mol. The van der Waals surface area contributed by atoms with Gasteiger partial charge in [-0.3, -0.25) is 10.1 Å². The second-order valence-electron chi connectivity index (χ2n) is 3.60. The first kappa shape index (κ1) is 11.1. The van der Waals surface area contributed by atoms with Gasteiger partial charge in [0.05, 0.1) is 18.0 Å². The lowest BCUT2D eigenvalue weighted by atomic mass is 10.1. The molecule has 0 amide bonds. The Morgan fingerprint density at radius 2 is 2.06 bits per heavy atom. The fraction of sp³-hybridized carbons (Fsp3) is 0.333. The van der Waals surface area contributed by atoms with Gasteiger partial charge in [-0.25, -0.2) is 8.78 Å². The van der Waals surface area contributed by atoms with Gasteiger partial charge in [-0.05, 0) is 12.1 Å². The Morgan fingerprint density at radius 3 is 2.56 bits per heavy atom. The van der Waals surface area contributed by atoms with Crippen molar-refractivity contribution in [2.75, 3.05) is 18.0 Å². The van der Waals surface area contributed by atoms with Gasteiger partial charge in [-0.2, -0.15) is 0 Å². The molecule has 1 heterocycles. The van der Waals surface area contributed by atoms with Gasteiger partial charge in [0, 0.05) is 11.1 Å². The first-order valence-corrected chi connectivity index (χ1v) is 4.83. The highest BCUT2D eigenvalue weighted by molar-refractivity contribution is 6.30. The van der Waals surface area contributed by atoms with Crippen LogP contribution in [0.1, 0.15) is 0 Å². The third kappa shape index (κ3) is 1.92. The normalized spacial score (nSPS) is 18.1. The van der Waals surface area contributed by atoms with Gasteiger partial charge in [-0.15, -0.1) is 0 Å². The van der Waals surface area contributed by atoms with E-state index in [9.17, 15) is 18.9 Å². The molecule has 0 saturated carbocycles. The highest BCUT2D eigenvalue weighted by atomic mass is 35.5. The van der Waals surface area contributed by atoms with E-state index in [2.05, 4.69) is 0 Å². The summed E-state index contributed by atoms with van der Waals surface area (Å²) in [5.74, 6) is -2.76. The highest BCUT2D eigenvalue weighted by Crippen LogP contribution is 2.38. The first-order chi connectivity index (χ1) is 7.39. The summed E-state index contributed by atoms with van der Waals surface area (Å²) in [6.07, 6.45) is 0. The standard InChI is InChI=1S/C9H7ClF2N2O2/c10-6-1-2-7(8(3-6)14(15)16)13-4-9(11,12)5-13/h1-3H,4-5H2. The number of rotatable bonds is 2. The van der Waals surface area contributed by atoms with Crippen molar-refractivity contribution in [1.82, 2.24) is 0 Å². The summed E-state index contributed by atoms with van der Waals surface area (Å²) in [7, 11) is 0. The molecule has 1 aromatic carbocycles. The Hall–Kier alpha value is -1.43. The van der Waals surface area contributed by atoms with Crippen molar-refractivity contribution in [2.24, 2.45) is 0 Å². The predicted octanol–water partition coefficient (Wildman–Crippen LogP) is 2.70. The van der Waals surface area contributed by atoms with Crippen molar-refractivity contribution in [3.05, 3.63) is 33.3 Å². The van der Waals surface area contributed by atoms with E-state index in [0.717, 1.165) is 6.07 Å². The van der Waals surface area contributed by atoms with Crippen LogP contribution in [-0.2, 0) is 0 Å². The van der Waals surface area contributed by atoms with E-state index in [0.29, 0.717) is 0 Å². The number of benzene rings is 1. The molecule has 1 fully saturated rings. The van der Waals surface area contributed by atoms with Crippen molar-refractivity contribution in [3.63, 3.8) is 0 Å². The van der Waals surface area contributed by atoms with Crippen LogP contribution in [0.15, 0.2) is 18.2 Å². The second-order valence-corrected chi connectivity index (χ2v) is 4.04. The monoisotopic (exact) mass is 248 g/mol. The number of alkyl halides is 2. The summed E-state index contributed by atoms with van der Waals surface area (Å²) in [6, 6.07) is 3.99. The third-order valence-corrected chi connectivity index (χ3v) is 2.55. The fourth-order valence-corrected chi connectivity index (χ4v) is 1.76. The smallest absolute Gasteiger partial charge is 0.294 e. The summed E-state index contributed by atoms with van der Waals surface area (Å²) >= 11 is 5.61. The predicted molar refractivity (Wildman–Crippen MR) is 55.3 cm³/mol. The fourth-order valence-electron chi connectivity index (χ4n) is 1.59. The van der Waals surface area contributed by atoms with E-state index in [1.807, 2.05) is 0 Å². The zero-order valence-corrected chi connectivity index (χ0v) is 8.75. The third-order valence-electron chi connectivity index (χ3n) is 2.32. The molecular formula is C9H7ClF2N2O2. The van der Waals surface area contributed by atoms with E-state index >= 15 is 0 Å². The van der Waals surface area contributed by atoms with Crippen molar-refractivity contribution in [2.45, 2.75) is 5.92 Å². The van der Waals surface area contributed by atoms with Gasteiger partial charge in [0.25, 0.3) is 11.6 Å². The summed E-state index contributed by atoms with van der Waals surface area (Å²) in [5, 5.41) is 10.9. The molecule has 2 rings (SSSR count). The summed E-state index contributed by atoms with van der Waals surface area (Å²) in [5.41, 5.74) is -0.0664. The SMILES string of the molecule is O=[N+]([O-])c1cc(Cl)ccc1N1CC(F)(F)C1. The van der Waals surface area contributed by atoms with Crippen LogP contribution in [0.25, 0.3) is 0 Å². The molecule has 0 bridgehead atoms. The van der Waals surface area contributed by atoms with Crippen LogP contribution in [-0.4, -0.2) is 23.9 Å². The Balaban J connectivity index is 2.31. The number of nitro benzene ring substituents is 1. The van der Waals surface area contributed by atoms with Gasteiger partial charge >= 0.3 is 0 Å². The van der Waals surface area contributed by atoms with Crippen LogP contribution < -0.4 is 4.90 Å². The maximum atomic E-state index is 12.6. The molecule has 0 atom stereocenters. The molecule has 7 heteroatoms. The van der Waals surface area contributed by atoms with E-state index in [4.69, 9.17) is 11.6 Å². The van der Waals surface area contributed by atoms with E-state index in [1.54, 1.807) is 0 Å². The molecular weight excluding hydrogens is 242 g/mol. The van der Waals surface area contributed by atoms with Gasteiger partial charge < -0.3 is 4.90 Å². The minimum absolute atomic E-state index is 0.181. The van der Waals surface area contributed by atoms with Crippen molar-refractivity contribution < 1.29 is 13.7 Å². The molecule has 1 saturated heterocycles. The molecule has 1 aliphatic heterocycles. The number of nitro groups is 1. The topological polar surface area (TPSA) is 46.4 Å². The highest BCUT2D eigenvalue weighted by Gasteiger charge is 2.45. The minimum Gasteiger partial charge on any atom is -0.354 e. The Bertz CT molecular complexity index is 445. The van der Waals surface area contributed by atoms with E-state index in [1.165, 1.54) is 17.0 Å². The number of hydrogen-bond acceptors (Lipinski definition) is 3. The number of halogens is 3. The van der Waals surface area contributed by atoms with Gasteiger partial charge in [-0.1, -0.05) is 11.6 Å². The molecule has 1 aliphatic rings. The largest absolute Gasteiger partial charge is 0.354 e. The molecule has 0 spiro atoms. The van der Waals surface area contributed by atoms with Crippen LogP contribution in [0, 0.1) is 10.1 Å². The molecule has 0 unspecified atom stereocenters. The van der Waals surface area contributed by atoms with Gasteiger partial charge in [0.1, 0.15) is 5.69 Å². The average Bonchev–Trinajstić information content (AvgIpc) is 2.14. The van der Waals surface area contributed by atoms with E-state index in [-0.39, 0.29) is 16.4 Å². The Labute approximate surface area is 94.6 Å². The quantitative estimate of drug-likeness (QED) is 0.597. The van der Waals surface area contributed by atoms with Crippen molar-refractivity contribution in [3.8, 4) is 0 Å². The van der Waals surface area contributed by atoms with Gasteiger partial charge in [0.15, 0.2) is 0 Å². The molecule has 1 aromatic rings. The molecule has 0 N–H and O–H groups in total. The minimum atomic E-state index is -2.76. The maximum Gasteiger partial charge on any atom is 0.294 e. The number of nitrogens with zero attached hydrogens (tertiary/aromatic N) is 2. The molecule has 0 aliphatic carbocycles. The van der Waals surface area contributed by atoms with Crippen LogP contribution in [0.3, 0.4) is 0 Å². The molecule has 86 valence electrons. The van der Waals surface area contributed by atoms with Crippen LogP contribution in [0.4, 0.5) is 20.2 Å². The molecule has 16 heavy (non-hydrogen) atoms. The summed E-state index contributed by atoms with van der Waals surface area (Å²) < 4.78 is 25.3. The molecule has 0 radical (unpaired) electrons. The summed E-state index contributed by atoms with van der Waals surface area (Å²) in [6.45, 7) is -0.981. The van der Waals surface area contributed by atoms with Crippen LogP contribution >= 0.6 is 11.6 Å². The lowest BCUT2D eigenvalue weighted by molar-refractivity contribution is -0.384. The van der Waals surface area contributed by atoms with Crippen molar-refractivity contribution >= 4 is 23.0 Å². The first-order valence-electron chi connectivity index (χ1n) is 4.46.